The van der Waals surface area contributed by atoms with Gasteiger partial charge in [0.2, 0.25) is 0 Å². The molecule has 1 unspecified atom stereocenters. The van der Waals surface area contributed by atoms with E-state index in [9.17, 15) is 18.0 Å². The summed E-state index contributed by atoms with van der Waals surface area (Å²) in [6.45, 7) is 4.38. The molecule has 0 aliphatic rings. The number of carbonyl (C=O) groups excluding carboxylic acids is 2. The summed E-state index contributed by atoms with van der Waals surface area (Å²) in [5.74, 6) is -1.71. The van der Waals surface area contributed by atoms with Crippen LogP contribution in [0.4, 0.5) is 0 Å². The highest BCUT2D eigenvalue weighted by atomic mass is 32.3. The summed E-state index contributed by atoms with van der Waals surface area (Å²) >= 11 is 0. The van der Waals surface area contributed by atoms with Crippen molar-refractivity contribution in [2.24, 2.45) is 0 Å². The molecule has 0 spiro atoms. The second-order valence-electron chi connectivity index (χ2n) is 7.96. The Morgan fingerprint density at radius 3 is 1.53 bits per heavy atom. The van der Waals surface area contributed by atoms with Gasteiger partial charge in [-0.05, 0) is 25.7 Å². The molecule has 8 heteroatoms. The number of rotatable bonds is 20. The maximum atomic E-state index is 12.1. The summed E-state index contributed by atoms with van der Waals surface area (Å²) in [4.78, 5) is 23.4. The lowest BCUT2D eigenvalue weighted by molar-refractivity contribution is -0.152. The molecule has 0 amide bonds. The number of unbranched alkanes of at least 4 members (excludes halogenated alkanes) is 11. The fourth-order valence-corrected chi connectivity index (χ4v) is 3.67. The Bertz CT molecular complexity index is 546. The van der Waals surface area contributed by atoms with E-state index in [1.807, 2.05) is 0 Å². The Kier molecular flexibility index (Phi) is 17.9. The second kappa shape index (κ2) is 18.6. The summed E-state index contributed by atoms with van der Waals surface area (Å²) in [5, 5.41) is 0. The van der Waals surface area contributed by atoms with Gasteiger partial charge in [0, 0.05) is 0 Å². The van der Waals surface area contributed by atoms with Crippen molar-refractivity contribution in [1.29, 1.82) is 0 Å². The van der Waals surface area contributed by atoms with Crippen molar-refractivity contribution in [3.05, 3.63) is 0 Å². The van der Waals surface area contributed by atoms with E-state index in [1.54, 1.807) is 0 Å². The van der Waals surface area contributed by atoms with Gasteiger partial charge in [0.1, 0.15) is 6.10 Å². The van der Waals surface area contributed by atoms with Crippen LogP contribution in [0.2, 0.25) is 0 Å². The van der Waals surface area contributed by atoms with Crippen LogP contribution in [0.5, 0.6) is 0 Å². The van der Waals surface area contributed by atoms with E-state index in [1.165, 1.54) is 57.8 Å². The highest BCUT2D eigenvalue weighted by Gasteiger charge is 2.18. The van der Waals surface area contributed by atoms with Gasteiger partial charge in [-0.2, -0.15) is 8.42 Å². The van der Waals surface area contributed by atoms with Crippen LogP contribution < -0.4 is 0 Å². The van der Waals surface area contributed by atoms with Crippen molar-refractivity contribution in [3.63, 3.8) is 0 Å². The fraction of sp³-hybridized carbons (Fsp3) is 0.909. The molecule has 0 heterocycles. The van der Waals surface area contributed by atoms with Gasteiger partial charge in [0.05, 0.1) is 12.8 Å². The average Bonchev–Trinajstić information content (AvgIpc) is 2.66. The Hall–Kier alpha value is -1.15. The van der Waals surface area contributed by atoms with Crippen molar-refractivity contribution in [2.45, 2.75) is 129 Å². The summed E-state index contributed by atoms with van der Waals surface area (Å²) in [7, 11) is -4.84. The maximum Gasteiger partial charge on any atom is 0.448 e. The molecule has 0 aliphatic carbocycles. The first-order valence-electron chi connectivity index (χ1n) is 11.7. The van der Waals surface area contributed by atoms with Crippen LogP contribution in [0.15, 0.2) is 0 Å². The summed E-state index contributed by atoms with van der Waals surface area (Å²) < 4.78 is 38.8. The van der Waals surface area contributed by atoms with Crippen molar-refractivity contribution in [3.8, 4) is 0 Å². The van der Waals surface area contributed by atoms with Crippen molar-refractivity contribution < 1.29 is 31.5 Å². The molecule has 0 aliphatic heterocycles. The van der Waals surface area contributed by atoms with Crippen LogP contribution in [-0.4, -0.2) is 31.0 Å². The first kappa shape index (κ1) is 28.9. The molecule has 0 fully saturated rings. The third kappa shape index (κ3) is 20.1. The molecule has 1 N–H and O–H groups in total. The monoisotopic (exact) mass is 450 g/mol. The first-order chi connectivity index (χ1) is 14.3. The molecule has 0 aromatic rings. The normalized spacial score (nSPS) is 12.5. The van der Waals surface area contributed by atoms with E-state index < -0.39 is 28.8 Å². The molecule has 0 aromatic carbocycles. The van der Waals surface area contributed by atoms with Gasteiger partial charge >= 0.3 is 22.3 Å². The smallest absolute Gasteiger partial charge is 0.448 e. The highest BCUT2D eigenvalue weighted by molar-refractivity contribution is 7.81. The molecule has 0 saturated heterocycles. The number of hydrogen-bond donors (Lipinski definition) is 1. The van der Waals surface area contributed by atoms with Crippen LogP contribution in [0.3, 0.4) is 0 Å². The number of esters is 1. The minimum absolute atomic E-state index is 0.170. The van der Waals surface area contributed by atoms with Gasteiger partial charge in [-0.25, -0.2) is 0 Å². The molecule has 7 nitrogen and oxygen atoms in total. The molecule has 0 aromatic heterocycles. The quantitative estimate of drug-likeness (QED) is 0.139. The van der Waals surface area contributed by atoms with Crippen LogP contribution in [-0.2, 0) is 28.9 Å². The van der Waals surface area contributed by atoms with Gasteiger partial charge < -0.3 is 8.92 Å². The Labute approximate surface area is 183 Å². The molecule has 178 valence electrons. The predicted molar refractivity (Wildman–Crippen MR) is 117 cm³/mol. The lowest BCUT2D eigenvalue weighted by Crippen LogP contribution is -2.20. The molecular weight excluding hydrogens is 408 g/mol. The third-order valence-corrected chi connectivity index (χ3v) is 5.44. The standard InChI is InChI=1S/C22H42O7S/c1-3-5-7-9-11-13-15-17-20(16-14-12-10-8-6-4-2)28-21(23)18-19-22(24)29-30(25,26)27/h20H,3-19H2,1-2H3,(H,25,26,27). The van der Waals surface area contributed by atoms with E-state index in [0.29, 0.717) is 0 Å². The number of hydrogen-bond acceptors (Lipinski definition) is 6. The summed E-state index contributed by atoms with van der Waals surface area (Å²) in [6, 6.07) is 0. The molecule has 30 heavy (non-hydrogen) atoms. The summed E-state index contributed by atoms with van der Waals surface area (Å²) in [6.07, 6.45) is 16.1. The van der Waals surface area contributed by atoms with Gasteiger partial charge in [-0.15, -0.1) is 0 Å². The Morgan fingerprint density at radius 1 is 0.700 bits per heavy atom. The van der Waals surface area contributed by atoms with Crippen molar-refractivity contribution in [2.75, 3.05) is 0 Å². The fourth-order valence-electron chi connectivity index (χ4n) is 3.35. The first-order valence-corrected chi connectivity index (χ1v) is 13.0. The van der Waals surface area contributed by atoms with Crippen molar-refractivity contribution >= 4 is 22.3 Å². The number of carbonyl (C=O) groups is 2. The van der Waals surface area contributed by atoms with E-state index in [-0.39, 0.29) is 12.5 Å². The zero-order valence-electron chi connectivity index (χ0n) is 18.9. The predicted octanol–water partition coefficient (Wildman–Crippen LogP) is 5.92. The molecular formula is C22H42O7S. The average molecular weight is 451 g/mol. The Morgan fingerprint density at radius 2 is 1.10 bits per heavy atom. The minimum Gasteiger partial charge on any atom is -0.462 e. The topological polar surface area (TPSA) is 107 Å². The Balaban J connectivity index is 4.27. The van der Waals surface area contributed by atoms with Crippen LogP contribution in [0.1, 0.15) is 123 Å². The maximum absolute atomic E-state index is 12.1. The molecule has 0 saturated carbocycles. The van der Waals surface area contributed by atoms with E-state index in [0.717, 1.165) is 38.5 Å². The zero-order chi connectivity index (χ0) is 22.7. The van der Waals surface area contributed by atoms with Gasteiger partial charge in [-0.3, -0.25) is 14.1 Å². The van der Waals surface area contributed by atoms with Crippen molar-refractivity contribution in [1.82, 2.24) is 0 Å². The summed E-state index contributed by atoms with van der Waals surface area (Å²) in [5.41, 5.74) is 0. The van der Waals surface area contributed by atoms with Crippen LogP contribution in [0.25, 0.3) is 0 Å². The molecule has 0 radical (unpaired) electrons. The van der Waals surface area contributed by atoms with Gasteiger partial charge in [0.25, 0.3) is 0 Å². The van der Waals surface area contributed by atoms with Gasteiger partial charge in [0.15, 0.2) is 0 Å². The van der Waals surface area contributed by atoms with E-state index in [2.05, 4.69) is 18.0 Å². The number of ether oxygens (including phenoxy) is 1. The largest absolute Gasteiger partial charge is 0.462 e. The molecule has 0 rings (SSSR count). The van der Waals surface area contributed by atoms with Crippen LogP contribution >= 0.6 is 0 Å². The molecule has 1 atom stereocenters. The molecule has 0 bridgehead atoms. The van der Waals surface area contributed by atoms with Gasteiger partial charge in [-0.1, -0.05) is 84.5 Å². The lowest BCUT2D eigenvalue weighted by atomic mass is 10.0. The highest BCUT2D eigenvalue weighted by Crippen LogP contribution is 2.18. The zero-order valence-corrected chi connectivity index (χ0v) is 19.7. The minimum atomic E-state index is -4.84. The van der Waals surface area contributed by atoms with E-state index in [4.69, 9.17) is 9.29 Å². The lowest BCUT2D eigenvalue weighted by Gasteiger charge is -2.18. The van der Waals surface area contributed by atoms with Crippen LogP contribution in [0, 0.1) is 0 Å². The van der Waals surface area contributed by atoms with E-state index >= 15 is 0 Å². The third-order valence-electron chi connectivity index (χ3n) is 5.04. The second-order valence-corrected chi connectivity index (χ2v) is 8.98. The SMILES string of the molecule is CCCCCCCCCC(CCCCCCCC)OC(=O)CCC(=O)OS(=O)(=O)O.